The van der Waals surface area contributed by atoms with Gasteiger partial charge in [0, 0.05) is 5.56 Å². The maximum atomic E-state index is 12.4. The number of para-hydroxylation sites is 1. The van der Waals surface area contributed by atoms with E-state index in [0.717, 1.165) is 0 Å². The van der Waals surface area contributed by atoms with Gasteiger partial charge in [-0.25, -0.2) is 0 Å². The molecule has 0 radical (unpaired) electrons. The van der Waals surface area contributed by atoms with Crippen molar-refractivity contribution in [1.29, 1.82) is 0 Å². The van der Waals surface area contributed by atoms with Gasteiger partial charge in [-0.15, -0.1) is 0 Å². The SMILES string of the molecule is C/C=C/COc1ccccc1C(=O)c1ccccc1. The van der Waals surface area contributed by atoms with E-state index in [4.69, 9.17) is 4.74 Å². The minimum atomic E-state index is -0.0170. The Morgan fingerprint density at radius 2 is 1.74 bits per heavy atom. The second-order valence-corrected chi connectivity index (χ2v) is 4.07. The number of ketones is 1. The molecule has 2 aromatic carbocycles. The van der Waals surface area contributed by atoms with Crippen molar-refractivity contribution in [3.05, 3.63) is 77.9 Å². The molecule has 0 aliphatic heterocycles. The minimum Gasteiger partial charge on any atom is -0.489 e. The molecular formula is C17H16O2. The van der Waals surface area contributed by atoms with E-state index in [1.165, 1.54) is 0 Å². The van der Waals surface area contributed by atoms with Crippen LogP contribution < -0.4 is 4.74 Å². The zero-order chi connectivity index (χ0) is 13.5. The van der Waals surface area contributed by atoms with Crippen LogP contribution >= 0.6 is 0 Å². The third-order valence-electron chi connectivity index (χ3n) is 2.74. The first-order chi connectivity index (χ1) is 9.33. The van der Waals surface area contributed by atoms with Crippen LogP contribution in [0.25, 0.3) is 0 Å². The van der Waals surface area contributed by atoms with Gasteiger partial charge in [0.05, 0.1) is 5.56 Å². The zero-order valence-corrected chi connectivity index (χ0v) is 10.9. The molecule has 2 heteroatoms. The van der Waals surface area contributed by atoms with Crippen LogP contribution in [-0.4, -0.2) is 12.4 Å². The highest BCUT2D eigenvalue weighted by atomic mass is 16.5. The van der Waals surface area contributed by atoms with Gasteiger partial charge in [0.2, 0.25) is 0 Å². The van der Waals surface area contributed by atoms with Crippen molar-refractivity contribution in [2.24, 2.45) is 0 Å². The molecule has 0 heterocycles. The summed E-state index contributed by atoms with van der Waals surface area (Å²) in [6, 6.07) is 16.6. The minimum absolute atomic E-state index is 0.0170. The van der Waals surface area contributed by atoms with Crippen molar-refractivity contribution in [2.75, 3.05) is 6.61 Å². The molecule has 0 bridgehead atoms. The van der Waals surface area contributed by atoms with Crippen molar-refractivity contribution in [2.45, 2.75) is 6.92 Å². The predicted molar refractivity (Wildman–Crippen MR) is 76.6 cm³/mol. The number of allylic oxidation sites excluding steroid dienone is 1. The third kappa shape index (κ3) is 3.32. The number of hydrogen-bond donors (Lipinski definition) is 0. The smallest absolute Gasteiger partial charge is 0.196 e. The molecule has 96 valence electrons. The molecule has 2 nitrogen and oxygen atoms in total. The highest BCUT2D eigenvalue weighted by molar-refractivity contribution is 6.10. The topological polar surface area (TPSA) is 26.3 Å². The number of rotatable bonds is 5. The van der Waals surface area contributed by atoms with Crippen LogP contribution in [-0.2, 0) is 0 Å². The summed E-state index contributed by atoms with van der Waals surface area (Å²) >= 11 is 0. The molecule has 2 aromatic rings. The Bertz CT molecular complexity index is 571. The molecule has 0 atom stereocenters. The van der Waals surface area contributed by atoms with Gasteiger partial charge >= 0.3 is 0 Å². The Hall–Kier alpha value is -2.35. The zero-order valence-electron chi connectivity index (χ0n) is 10.9. The van der Waals surface area contributed by atoms with E-state index in [-0.39, 0.29) is 5.78 Å². The van der Waals surface area contributed by atoms with Crippen LogP contribution in [0.3, 0.4) is 0 Å². The Morgan fingerprint density at radius 1 is 1.05 bits per heavy atom. The molecule has 0 spiro atoms. The number of benzene rings is 2. The maximum Gasteiger partial charge on any atom is 0.196 e. The van der Waals surface area contributed by atoms with E-state index in [1.807, 2.05) is 67.6 Å². The average molecular weight is 252 g/mol. The van der Waals surface area contributed by atoms with Crippen molar-refractivity contribution in [1.82, 2.24) is 0 Å². The predicted octanol–water partition coefficient (Wildman–Crippen LogP) is 3.87. The fourth-order valence-corrected chi connectivity index (χ4v) is 1.76. The Balaban J connectivity index is 2.27. The van der Waals surface area contributed by atoms with Gasteiger partial charge in [-0.2, -0.15) is 0 Å². The molecular weight excluding hydrogens is 236 g/mol. The molecule has 0 fully saturated rings. The molecule has 0 aliphatic rings. The van der Waals surface area contributed by atoms with Crippen molar-refractivity contribution in [3.63, 3.8) is 0 Å². The number of carbonyl (C=O) groups is 1. The van der Waals surface area contributed by atoms with Crippen LogP contribution in [0.2, 0.25) is 0 Å². The Morgan fingerprint density at radius 3 is 2.47 bits per heavy atom. The maximum absolute atomic E-state index is 12.4. The highest BCUT2D eigenvalue weighted by Gasteiger charge is 2.13. The lowest BCUT2D eigenvalue weighted by molar-refractivity contribution is 0.103. The number of carbonyl (C=O) groups excluding carboxylic acids is 1. The summed E-state index contributed by atoms with van der Waals surface area (Å²) in [4.78, 5) is 12.4. The molecule has 0 unspecified atom stereocenters. The van der Waals surface area contributed by atoms with Crippen LogP contribution in [0.5, 0.6) is 5.75 Å². The normalized spacial score (nSPS) is 10.6. The Labute approximate surface area is 113 Å². The molecule has 0 aromatic heterocycles. The lowest BCUT2D eigenvalue weighted by Gasteiger charge is -2.09. The van der Waals surface area contributed by atoms with Crippen molar-refractivity contribution < 1.29 is 9.53 Å². The summed E-state index contributed by atoms with van der Waals surface area (Å²) in [6.07, 6.45) is 3.82. The Kier molecular flexibility index (Phi) is 4.51. The first-order valence-electron chi connectivity index (χ1n) is 6.25. The first-order valence-corrected chi connectivity index (χ1v) is 6.25. The summed E-state index contributed by atoms with van der Waals surface area (Å²) < 4.78 is 5.61. The van der Waals surface area contributed by atoms with Gasteiger partial charge in [0.1, 0.15) is 12.4 Å². The molecule has 0 saturated heterocycles. The molecule has 0 saturated carbocycles. The summed E-state index contributed by atoms with van der Waals surface area (Å²) in [5, 5.41) is 0. The van der Waals surface area contributed by atoms with Crippen molar-refractivity contribution >= 4 is 5.78 Å². The second kappa shape index (κ2) is 6.55. The summed E-state index contributed by atoms with van der Waals surface area (Å²) in [7, 11) is 0. The van der Waals surface area contributed by atoms with E-state index in [1.54, 1.807) is 6.07 Å². The molecule has 19 heavy (non-hydrogen) atoms. The van der Waals surface area contributed by atoms with Gasteiger partial charge in [-0.1, -0.05) is 54.6 Å². The fourth-order valence-electron chi connectivity index (χ4n) is 1.76. The molecule has 0 aliphatic carbocycles. The van der Waals surface area contributed by atoms with Crippen LogP contribution in [0, 0.1) is 0 Å². The fraction of sp³-hybridized carbons (Fsp3) is 0.118. The quantitative estimate of drug-likeness (QED) is 0.596. The number of ether oxygens (including phenoxy) is 1. The standard InChI is InChI=1S/C17H16O2/c1-2-3-13-19-16-12-8-7-11-15(16)17(18)14-9-5-4-6-10-14/h2-12H,13H2,1H3/b3-2+. The van der Waals surface area contributed by atoms with Crippen LogP contribution in [0.1, 0.15) is 22.8 Å². The molecule has 2 rings (SSSR count). The molecule has 0 N–H and O–H groups in total. The number of hydrogen-bond acceptors (Lipinski definition) is 2. The summed E-state index contributed by atoms with van der Waals surface area (Å²) in [6.45, 7) is 2.40. The van der Waals surface area contributed by atoms with Crippen molar-refractivity contribution in [3.8, 4) is 5.75 Å². The van der Waals surface area contributed by atoms with Gasteiger partial charge in [-0.3, -0.25) is 4.79 Å². The summed E-state index contributed by atoms with van der Waals surface area (Å²) in [5.41, 5.74) is 1.27. The first kappa shape index (κ1) is 13.1. The second-order valence-electron chi connectivity index (χ2n) is 4.07. The van der Waals surface area contributed by atoms with E-state index in [0.29, 0.717) is 23.5 Å². The van der Waals surface area contributed by atoms with Gasteiger partial charge in [0.25, 0.3) is 0 Å². The highest BCUT2D eigenvalue weighted by Crippen LogP contribution is 2.21. The summed E-state index contributed by atoms with van der Waals surface area (Å²) in [5.74, 6) is 0.603. The largest absolute Gasteiger partial charge is 0.489 e. The van der Waals surface area contributed by atoms with E-state index >= 15 is 0 Å². The van der Waals surface area contributed by atoms with E-state index < -0.39 is 0 Å². The lowest BCUT2D eigenvalue weighted by Crippen LogP contribution is -2.05. The lowest BCUT2D eigenvalue weighted by atomic mass is 10.0. The van der Waals surface area contributed by atoms with Gasteiger partial charge in [0.15, 0.2) is 5.78 Å². The van der Waals surface area contributed by atoms with E-state index in [9.17, 15) is 4.79 Å². The average Bonchev–Trinajstić information content (AvgIpc) is 2.48. The third-order valence-corrected chi connectivity index (χ3v) is 2.74. The van der Waals surface area contributed by atoms with E-state index in [2.05, 4.69) is 0 Å². The van der Waals surface area contributed by atoms with Crippen LogP contribution in [0.15, 0.2) is 66.7 Å². The van der Waals surface area contributed by atoms with Crippen LogP contribution in [0.4, 0.5) is 0 Å². The molecule has 0 amide bonds. The monoisotopic (exact) mass is 252 g/mol. The van der Waals surface area contributed by atoms with Gasteiger partial charge in [-0.05, 0) is 19.1 Å². The van der Waals surface area contributed by atoms with Gasteiger partial charge < -0.3 is 4.74 Å².